The number of rotatable bonds is 3. The molecule has 0 aliphatic carbocycles. The largest absolute Gasteiger partial charge is 0.487 e. The molecular weight excluding hydrogens is 220 g/mol. The number of anilines is 1. The number of hydrogen-bond donors (Lipinski definition) is 1. The van der Waals surface area contributed by atoms with Crippen molar-refractivity contribution in [3.05, 3.63) is 40.4 Å². The van der Waals surface area contributed by atoms with Crippen molar-refractivity contribution in [3.8, 4) is 5.75 Å². The van der Waals surface area contributed by atoms with E-state index >= 15 is 0 Å². The third-order valence-electron chi connectivity index (χ3n) is 2.34. The molecule has 3 nitrogen and oxygen atoms in total. The average Bonchev–Trinajstić information content (AvgIpc) is 2.63. The Labute approximate surface area is 98.9 Å². The Balaban J connectivity index is 2.10. The van der Waals surface area contributed by atoms with Crippen LogP contribution in [0.1, 0.15) is 16.8 Å². The van der Waals surface area contributed by atoms with Gasteiger partial charge in [0.25, 0.3) is 0 Å². The molecule has 0 amide bonds. The lowest BCUT2D eigenvalue weighted by Crippen LogP contribution is -1.99. The van der Waals surface area contributed by atoms with E-state index in [9.17, 15) is 0 Å². The number of ether oxygens (including phenoxy) is 1. The molecule has 0 spiro atoms. The van der Waals surface area contributed by atoms with Gasteiger partial charge in [-0.2, -0.15) is 0 Å². The number of aryl methyl sites for hydroxylation is 2. The Morgan fingerprint density at radius 2 is 2.00 bits per heavy atom. The van der Waals surface area contributed by atoms with Crippen LogP contribution in [0.4, 0.5) is 5.13 Å². The SMILES string of the molecule is Cc1cccc(C)c1OCc1csc(N)n1. The van der Waals surface area contributed by atoms with Gasteiger partial charge in [0.1, 0.15) is 12.4 Å². The molecule has 0 saturated carbocycles. The van der Waals surface area contributed by atoms with Gasteiger partial charge >= 0.3 is 0 Å². The van der Waals surface area contributed by atoms with Gasteiger partial charge in [-0.3, -0.25) is 0 Å². The van der Waals surface area contributed by atoms with Gasteiger partial charge in [-0.1, -0.05) is 18.2 Å². The highest BCUT2D eigenvalue weighted by Gasteiger charge is 2.05. The maximum absolute atomic E-state index is 5.76. The lowest BCUT2D eigenvalue weighted by atomic mass is 10.1. The van der Waals surface area contributed by atoms with Crippen molar-refractivity contribution in [2.45, 2.75) is 20.5 Å². The van der Waals surface area contributed by atoms with Gasteiger partial charge < -0.3 is 10.5 Å². The van der Waals surface area contributed by atoms with Crippen LogP contribution < -0.4 is 10.5 Å². The van der Waals surface area contributed by atoms with Crippen LogP contribution in [-0.2, 0) is 6.61 Å². The summed E-state index contributed by atoms with van der Waals surface area (Å²) in [4.78, 5) is 4.16. The van der Waals surface area contributed by atoms with Crippen molar-refractivity contribution in [1.82, 2.24) is 4.98 Å². The van der Waals surface area contributed by atoms with Crippen LogP contribution in [0.25, 0.3) is 0 Å². The van der Waals surface area contributed by atoms with E-state index in [-0.39, 0.29) is 0 Å². The molecule has 0 bridgehead atoms. The number of nitrogens with zero attached hydrogens (tertiary/aromatic N) is 1. The maximum Gasteiger partial charge on any atom is 0.180 e. The Morgan fingerprint density at radius 3 is 2.56 bits per heavy atom. The number of nitrogens with two attached hydrogens (primary N) is 1. The quantitative estimate of drug-likeness (QED) is 0.888. The summed E-state index contributed by atoms with van der Waals surface area (Å²) in [6.45, 7) is 4.55. The molecule has 0 fully saturated rings. The van der Waals surface area contributed by atoms with Crippen molar-refractivity contribution in [3.63, 3.8) is 0 Å². The van der Waals surface area contributed by atoms with E-state index in [0.717, 1.165) is 22.6 Å². The maximum atomic E-state index is 5.76. The van der Waals surface area contributed by atoms with Crippen LogP contribution in [0.2, 0.25) is 0 Å². The number of hydrogen-bond acceptors (Lipinski definition) is 4. The molecule has 4 heteroatoms. The van der Waals surface area contributed by atoms with Crippen LogP contribution in [0.5, 0.6) is 5.75 Å². The van der Waals surface area contributed by atoms with E-state index < -0.39 is 0 Å². The molecule has 1 aromatic heterocycles. The fourth-order valence-electron chi connectivity index (χ4n) is 1.56. The van der Waals surface area contributed by atoms with Gasteiger partial charge in [-0.05, 0) is 25.0 Å². The third kappa shape index (κ3) is 2.33. The third-order valence-corrected chi connectivity index (χ3v) is 3.07. The Hall–Kier alpha value is -1.55. The second kappa shape index (κ2) is 4.53. The summed E-state index contributed by atoms with van der Waals surface area (Å²) in [6, 6.07) is 6.10. The van der Waals surface area contributed by atoms with Crippen molar-refractivity contribution in [1.29, 1.82) is 0 Å². The molecule has 0 saturated heterocycles. The molecule has 0 aliphatic heterocycles. The molecule has 0 atom stereocenters. The molecule has 2 N–H and O–H groups in total. The zero-order valence-corrected chi connectivity index (χ0v) is 10.2. The molecule has 2 aromatic rings. The van der Waals surface area contributed by atoms with Crippen molar-refractivity contribution < 1.29 is 4.74 Å². The van der Waals surface area contributed by atoms with E-state index in [1.165, 1.54) is 11.3 Å². The Morgan fingerprint density at radius 1 is 1.31 bits per heavy atom. The van der Waals surface area contributed by atoms with Gasteiger partial charge in [0, 0.05) is 5.38 Å². The predicted octanol–water partition coefficient (Wildman–Crippen LogP) is 2.92. The van der Waals surface area contributed by atoms with Gasteiger partial charge in [-0.25, -0.2) is 4.98 Å². The Bertz CT molecular complexity index is 473. The lowest BCUT2D eigenvalue weighted by molar-refractivity contribution is 0.298. The summed E-state index contributed by atoms with van der Waals surface area (Å²) in [5, 5.41) is 2.50. The van der Waals surface area contributed by atoms with Crippen LogP contribution in [0.3, 0.4) is 0 Å². The zero-order chi connectivity index (χ0) is 11.5. The van der Waals surface area contributed by atoms with E-state index in [0.29, 0.717) is 11.7 Å². The second-order valence-electron chi connectivity index (χ2n) is 3.69. The molecule has 0 aliphatic rings. The molecule has 84 valence electrons. The highest BCUT2D eigenvalue weighted by molar-refractivity contribution is 7.13. The minimum Gasteiger partial charge on any atom is -0.487 e. The smallest absolute Gasteiger partial charge is 0.180 e. The first-order chi connectivity index (χ1) is 7.66. The highest BCUT2D eigenvalue weighted by Crippen LogP contribution is 2.23. The summed E-state index contributed by atoms with van der Waals surface area (Å²) in [5.74, 6) is 0.939. The normalized spacial score (nSPS) is 10.4. The first-order valence-electron chi connectivity index (χ1n) is 5.05. The van der Waals surface area contributed by atoms with Gasteiger partial charge in [0.05, 0.1) is 5.69 Å². The molecule has 0 unspecified atom stereocenters. The van der Waals surface area contributed by atoms with Crippen LogP contribution >= 0.6 is 11.3 Å². The van der Waals surface area contributed by atoms with Gasteiger partial charge in [0.15, 0.2) is 5.13 Å². The minimum atomic E-state index is 0.472. The van der Waals surface area contributed by atoms with Crippen molar-refractivity contribution in [2.75, 3.05) is 5.73 Å². The minimum absolute atomic E-state index is 0.472. The summed E-state index contributed by atoms with van der Waals surface area (Å²) >= 11 is 1.43. The van der Waals surface area contributed by atoms with Gasteiger partial charge in [-0.15, -0.1) is 11.3 Å². The molecule has 1 heterocycles. The van der Waals surface area contributed by atoms with Crippen LogP contribution in [-0.4, -0.2) is 4.98 Å². The summed E-state index contributed by atoms with van der Waals surface area (Å²) in [5.41, 5.74) is 8.72. The molecule has 0 radical (unpaired) electrons. The first kappa shape index (κ1) is 11.0. The van der Waals surface area contributed by atoms with Gasteiger partial charge in [0.2, 0.25) is 0 Å². The average molecular weight is 234 g/mol. The predicted molar refractivity (Wildman–Crippen MR) is 66.8 cm³/mol. The molecule has 16 heavy (non-hydrogen) atoms. The lowest BCUT2D eigenvalue weighted by Gasteiger charge is -2.10. The molecule has 2 rings (SSSR count). The van der Waals surface area contributed by atoms with Crippen LogP contribution in [0, 0.1) is 13.8 Å². The molecule has 1 aromatic carbocycles. The summed E-state index contributed by atoms with van der Waals surface area (Å²) in [7, 11) is 0. The van der Waals surface area contributed by atoms with E-state index in [1.807, 2.05) is 37.4 Å². The van der Waals surface area contributed by atoms with Crippen LogP contribution in [0.15, 0.2) is 23.6 Å². The van der Waals surface area contributed by atoms with E-state index in [2.05, 4.69) is 4.98 Å². The zero-order valence-electron chi connectivity index (χ0n) is 9.36. The van der Waals surface area contributed by atoms with Crippen molar-refractivity contribution >= 4 is 16.5 Å². The second-order valence-corrected chi connectivity index (χ2v) is 4.58. The van der Waals surface area contributed by atoms with Crippen molar-refractivity contribution in [2.24, 2.45) is 0 Å². The Kier molecular flexibility index (Phi) is 3.10. The fraction of sp³-hybridized carbons (Fsp3) is 0.250. The number of para-hydroxylation sites is 1. The first-order valence-corrected chi connectivity index (χ1v) is 5.93. The summed E-state index contributed by atoms with van der Waals surface area (Å²) in [6.07, 6.45) is 0. The van der Waals surface area contributed by atoms with E-state index in [4.69, 9.17) is 10.5 Å². The topological polar surface area (TPSA) is 48.1 Å². The molecular formula is C12H14N2OS. The number of nitrogen functional groups attached to an aromatic ring is 1. The number of aromatic nitrogens is 1. The summed E-state index contributed by atoms with van der Waals surface area (Å²) < 4.78 is 5.76. The highest BCUT2D eigenvalue weighted by atomic mass is 32.1. The fourth-order valence-corrected chi connectivity index (χ4v) is 2.11. The van der Waals surface area contributed by atoms with E-state index in [1.54, 1.807) is 0 Å². The standard InChI is InChI=1S/C12H14N2OS/c1-8-4-3-5-9(2)11(8)15-6-10-7-16-12(13)14-10/h3-5,7H,6H2,1-2H3,(H2,13,14). The number of benzene rings is 1. The number of thiazole rings is 1. The monoisotopic (exact) mass is 234 g/mol.